The normalized spacial score (nSPS) is 17.5. The van der Waals surface area contributed by atoms with Crippen molar-refractivity contribution in [2.75, 3.05) is 13.1 Å². The maximum absolute atomic E-state index is 13.6. The molecule has 31 heavy (non-hydrogen) atoms. The van der Waals surface area contributed by atoms with Gasteiger partial charge in [0.15, 0.2) is 0 Å². The zero-order valence-electron chi connectivity index (χ0n) is 17.9. The smallest absolute Gasteiger partial charge is 0.278 e. The molecule has 5 nitrogen and oxygen atoms in total. The Bertz CT molecular complexity index is 966. The third kappa shape index (κ3) is 4.38. The molecule has 2 aromatic rings. The molecule has 1 aliphatic carbocycles. The Kier molecular flexibility index (Phi) is 6.44. The molecule has 1 saturated carbocycles. The molecule has 2 aliphatic rings. The summed E-state index contributed by atoms with van der Waals surface area (Å²) in [6.45, 7) is 3.20. The fraction of sp³-hybridized carbons (Fsp3) is 0.400. The van der Waals surface area contributed by atoms with Gasteiger partial charge in [0, 0.05) is 31.5 Å². The molecule has 0 bridgehead atoms. The Balaban J connectivity index is 1.69. The van der Waals surface area contributed by atoms with Gasteiger partial charge in [-0.15, -0.1) is 0 Å². The highest BCUT2D eigenvalue weighted by atomic mass is 19.1. The van der Waals surface area contributed by atoms with Gasteiger partial charge in [0.05, 0.1) is 5.57 Å². The van der Waals surface area contributed by atoms with Crippen molar-refractivity contribution >= 4 is 17.4 Å². The van der Waals surface area contributed by atoms with Crippen molar-refractivity contribution in [1.29, 1.82) is 0 Å². The molecule has 0 atom stereocenters. The highest BCUT2D eigenvalue weighted by Crippen LogP contribution is 2.36. The standard InChI is InChI=1S/C25H28FN3O2/c1-2-28(17-14-18-12-15-27-16-13-18)23-22(19-8-10-20(26)11-9-19)24(30)29(25(23)31)21-6-4-3-5-7-21/h8-13,15-16,21H,2-7,14,17H2,1H3. The lowest BCUT2D eigenvalue weighted by atomic mass is 9.94. The molecular formula is C25H28FN3O2. The minimum atomic E-state index is -0.364. The maximum atomic E-state index is 13.6. The van der Waals surface area contributed by atoms with E-state index in [0.29, 0.717) is 29.9 Å². The van der Waals surface area contributed by atoms with Crippen LogP contribution < -0.4 is 0 Å². The first-order valence-electron chi connectivity index (χ1n) is 11.1. The Hall–Kier alpha value is -3.02. The second kappa shape index (κ2) is 9.41. The van der Waals surface area contributed by atoms with Gasteiger partial charge in [-0.3, -0.25) is 19.5 Å². The molecule has 1 aliphatic heterocycles. The molecule has 0 spiro atoms. The number of carbonyl (C=O) groups excluding carboxylic acids is 2. The van der Waals surface area contributed by atoms with Gasteiger partial charge < -0.3 is 4.90 Å². The molecule has 162 valence electrons. The van der Waals surface area contributed by atoms with Gasteiger partial charge in [-0.1, -0.05) is 31.4 Å². The second-order valence-electron chi connectivity index (χ2n) is 8.19. The number of hydrogen-bond acceptors (Lipinski definition) is 4. The van der Waals surface area contributed by atoms with E-state index >= 15 is 0 Å². The van der Waals surface area contributed by atoms with Crippen LogP contribution in [0.25, 0.3) is 5.57 Å². The summed E-state index contributed by atoms with van der Waals surface area (Å²) in [6, 6.07) is 9.73. The summed E-state index contributed by atoms with van der Waals surface area (Å²) >= 11 is 0. The molecule has 6 heteroatoms. The van der Waals surface area contributed by atoms with E-state index in [9.17, 15) is 14.0 Å². The maximum Gasteiger partial charge on any atom is 0.278 e. The van der Waals surface area contributed by atoms with Crippen molar-refractivity contribution in [1.82, 2.24) is 14.8 Å². The number of rotatable bonds is 7. The van der Waals surface area contributed by atoms with E-state index < -0.39 is 0 Å². The highest BCUT2D eigenvalue weighted by Gasteiger charge is 2.44. The molecule has 2 heterocycles. The molecular weight excluding hydrogens is 393 g/mol. The lowest BCUT2D eigenvalue weighted by Crippen LogP contribution is -2.43. The van der Waals surface area contributed by atoms with Crippen LogP contribution in [-0.4, -0.2) is 45.7 Å². The number of nitrogens with zero attached hydrogens (tertiary/aromatic N) is 3. The molecule has 4 rings (SSSR count). The van der Waals surface area contributed by atoms with Crippen molar-refractivity contribution in [2.24, 2.45) is 0 Å². The Labute approximate surface area is 182 Å². The molecule has 1 fully saturated rings. The number of likely N-dealkylation sites (N-methyl/N-ethyl adjacent to an activating group) is 1. The predicted molar refractivity (Wildman–Crippen MR) is 117 cm³/mol. The molecule has 2 amide bonds. The van der Waals surface area contributed by atoms with Gasteiger partial charge in [-0.2, -0.15) is 0 Å². The number of carbonyl (C=O) groups is 2. The number of imide groups is 1. The first kappa shape index (κ1) is 21.2. The van der Waals surface area contributed by atoms with Crippen LogP contribution in [0.2, 0.25) is 0 Å². The summed E-state index contributed by atoms with van der Waals surface area (Å²) in [5.41, 5.74) is 2.56. The summed E-state index contributed by atoms with van der Waals surface area (Å²) in [6.07, 6.45) is 9.15. The lowest BCUT2D eigenvalue weighted by molar-refractivity contribution is -0.141. The van der Waals surface area contributed by atoms with Crippen molar-refractivity contribution in [3.63, 3.8) is 0 Å². The number of halogens is 1. The zero-order valence-corrected chi connectivity index (χ0v) is 17.9. The van der Waals surface area contributed by atoms with Gasteiger partial charge in [-0.05, 0) is 61.6 Å². The number of aromatic nitrogens is 1. The number of benzene rings is 1. The first-order chi connectivity index (χ1) is 15.1. The molecule has 1 aromatic carbocycles. The first-order valence-corrected chi connectivity index (χ1v) is 11.1. The highest BCUT2D eigenvalue weighted by molar-refractivity contribution is 6.35. The van der Waals surface area contributed by atoms with Gasteiger partial charge in [0.2, 0.25) is 0 Å². The van der Waals surface area contributed by atoms with Crippen LogP contribution in [0, 0.1) is 5.82 Å². The Morgan fingerprint density at radius 3 is 2.32 bits per heavy atom. The van der Waals surface area contributed by atoms with E-state index in [0.717, 1.165) is 44.1 Å². The van der Waals surface area contributed by atoms with Crippen LogP contribution in [-0.2, 0) is 16.0 Å². The molecule has 0 unspecified atom stereocenters. The van der Waals surface area contributed by atoms with Crippen LogP contribution >= 0.6 is 0 Å². The monoisotopic (exact) mass is 421 g/mol. The van der Waals surface area contributed by atoms with E-state index in [1.807, 2.05) is 24.0 Å². The van der Waals surface area contributed by atoms with E-state index in [2.05, 4.69) is 4.98 Å². The summed E-state index contributed by atoms with van der Waals surface area (Å²) in [5.74, 6) is -0.828. The molecule has 1 aromatic heterocycles. The summed E-state index contributed by atoms with van der Waals surface area (Å²) in [4.78, 5) is 34.6. The third-order valence-corrected chi connectivity index (χ3v) is 6.28. The number of pyridine rings is 1. The number of amides is 2. The molecule has 0 N–H and O–H groups in total. The zero-order chi connectivity index (χ0) is 21.8. The van der Waals surface area contributed by atoms with Crippen LogP contribution in [0.5, 0.6) is 0 Å². The van der Waals surface area contributed by atoms with Crippen molar-refractivity contribution < 1.29 is 14.0 Å². The minimum Gasteiger partial charge on any atom is -0.366 e. The summed E-state index contributed by atoms with van der Waals surface area (Å²) < 4.78 is 13.6. The minimum absolute atomic E-state index is 0.0550. The van der Waals surface area contributed by atoms with Crippen molar-refractivity contribution in [3.05, 3.63) is 71.4 Å². The van der Waals surface area contributed by atoms with Crippen LogP contribution in [0.3, 0.4) is 0 Å². The van der Waals surface area contributed by atoms with Crippen LogP contribution in [0.15, 0.2) is 54.5 Å². The third-order valence-electron chi connectivity index (χ3n) is 6.28. The van der Waals surface area contributed by atoms with Crippen molar-refractivity contribution in [3.8, 4) is 0 Å². The quantitative estimate of drug-likeness (QED) is 0.629. The molecule has 0 saturated heterocycles. The average molecular weight is 422 g/mol. The average Bonchev–Trinajstić information content (AvgIpc) is 3.06. The number of hydrogen-bond donors (Lipinski definition) is 0. The van der Waals surface area contributed by atoms with E-state index in [1.54, 1.807) is 24.5 Å². The van der Waals surface area contributed by atoms with E-state index in [-0.39, 0.29) is 23.7 Å². The SMILES string of the molecule is CCN(CCc1ccncc1)C1=C(c2ccc(F)cc2)C(=O)N(C2CCCCC2)C1=O. The van der Waals surface area contributed by atoms with E-state index in [4.69, 9.17) is 0 Å². The van der Waals surface area contributed by atoms with Gasteiger partial charge >= 0.3 is 0 Å². The fourth-order valence-electron chi connectivity index (χ4n) is 4.62. The van der Waals surface area contributed by atoms with Crippen LogP contribution in [0.4, 0.5) is 4.39 Å². The fourth-order valence-corrected chi connectivity index (χ4v) is 4.62. The predicted octanol–water partition coefficient (Wildman–Crippen LogP) is 4.20. The molecule has 0 radical (unpaired) electrons. The largest absolute Gasteiger partial charge is 0.366 e. The van der Waals surface area contributed by atoms with Gasteiger partial charge in [0.1, 0.15) is 11.5 Å². The summed E-state index contributed by atoms with van der Waals surface area (Å²) in [7, 11) is 0. The Morgan fingerprint density at radius 1 is 1.00 bits per heavy atom. The lowest BCUT2D eigenvalue weighted by Gasteiger charge is -2.31. The van der Waals surface area contributed by atoms with Crippen LogP contribution in [0.1, 0.15) is 50.2 Å². The summed E-state index contributed by atoms with van der Waals surface area (Å²) in [5, 5.41) is 0. The van der Waals surface area contributed by atoms with Gasteiger partial charge in [-0.25, -0.2) is 4.39 Å². The van der Waals surface area contributed by atoms with E-state index in [1.165, 1.54) is 17.0 Å². The second-order valence-corrected chi connectivity index (χ2v) is 8.19. The van der Waals surface area contributed by atoms with Crippen molar-refractivity contribution in [2.45, 2.75) is 51.5 Å². The van der Waals surface area contributed by atoms with Gasteiger partial charge in [0.25, 0.3) is 11.8 Å². The Morgan fingerprint density at radius 2 is 1.68 bits per heavy atom. The topological polar surface area (TPSA) is 53.5 Å².